The van der Waals surface area contributed by atoms with Crippen LogP contribution in [0.2, 0.25) is 0 Å². The Kier molecular flexibility index (Phi) is 11.4. The second-order valence-electron chi connectivity index (χ2n) is 5.02. The summed E-state index contributed by atoms with van der Waals surface area (Å²) in [7, 11) is 1.93. The first kappa shape index (κ1) is 23.4. The van der Waals surface area contributed by atoms with Gasteiger partial charge < -0.3 is 25.2 Å². The Labute approximate surface area is 148 Å². The fourth-order valence-electron chi connectivity index (χ4n) is 2.29. The average molecular weight is 380 g/mol. The van der Waals surface area contributed by atoms with Crippen molar-refractivity contribution in [3.05, 3.63) is 17.5 Å². The van der Waals surface area contributed by atoms with E-state index in [9.17, 15) is 13.6 Å². The first-order chi connectivity index (χ1) is 12.3. The number of alkyl halides is 2. The van der Waals surface area contributed by atoms with E-state index in [4.69, 9.17) is 24.5 Å². The molecule has 1 aromatic rings. The summed E-state index contributed by atoms with van der Waals surface area (Å²) in [6.07, 6.45) is -2.76. The number of likely N-dealkylation sites (tertiary alicyclic amines) is 1. The number of amides is 1. The van der Waals surface area contributed by atoms with Gasteiger partial charge in [-0.25, -0.2) is 8.78 Å². The van der Waals surface area contributed by atoms with Crippen LogP contribution in [0.25, 0.3) is 0 Å². The Morgan fingerprint density at radius 1 is 1.46 bits per heavy atom. The quantitative estimate of drug-likeness (QED) is 0.530. The Morgan fingerprint density at radius 3 is 2.50 bits per heavy atom. The molecule has 0 aromatic carbocycles. The van der Waals surface area contributed by atoms with E-state index < -0.39 is 12.3 Å². The molecule has 4 N–H and O–H groups in total. The summed E-state index contributed by atoms with van der Waals surface area (Å²) < 4.78 is 30.4. The zero-order valence-corrected chi connectivity index (χ0v) is 14.3. The first-order valence-corrected chi connectivity index (χ1v) is 7.44. The first-order valence-electron chi connectivity index (χ1n) is 7.44. The van der Waals surface area contributed by atoms with Crippen molar-refractivity contribution < 1.29 is 38.1 Å². The van der Waals surface area contributed by atoms with E-state index in [0.29, 0.717) is 13.2 Å². The highest BCUT2D eigenvalue weighted by molar-refractivity contribution is 5.92. The van der Waals surface area contributed by atoms with Gasteiger partial charge in [-0.1, -0.05) is 0 Å². The zero-order chi connectivity index (χ0) is 20.1. The Morgan fingerprint density at radius 2 is 2.04 bits per heavy atom. The average Bonchev–Trinajstić information content (AvgIpc) is 3.17. The Hall–Kier alpha value is -2.60. The second-order valence-corrected chi connectivity index (χ2v) is 5.02. The van der Waals surface area contributed by atoms with Gasteiger partial charge in [-0.2, -0.15) is 5.10 Å². The van der Waals surface area contributed by atoms with Crippen LogP contribution in [-0.4, -0.2) is 83.1 Å². The highest BCUT2D eigenvalue weighted by atomic mass is 19.3. The summed E-state index contributed by atoms with van der Waals surface area (Å²) in [5.74, 6) is -0.474. The summed E-state index contributed by atoms with van der Waals surface area (Å²) in [6, 6.07) is 0.896. The van der Waals surface area contributed by atoms with Crippen LogP contribution >= 0.6 is 0 Å². The molecule has 148 valence electrons. The fraction of sp³-hybridized carbons (Fsp3) is 0.571. The number of aromatic nitrogens is 2. The number of rotatable bonds is 5. The topological polar surface area (TPSA) is 145 Å². The Bertz CT molecular complexity index is 551. The molecule has 26 heavy (non-hydrogen) atoms. The lowest BCUT2D eigenvalue weighted by Gasteiger charge is -2.19. The molecule has 1 fully saturated rings. The molecular formula is C14H22F2N4O6. The number of halogens is 2. The van der Waals surface area contributed by atoms with E-state index in [0.717, 1.165) is 12.6 Å². The minimum Gasteiger partial charge on any atom is -0.483 e. The molecule has 10 nitrogen and oxygen atoms in total. The van der Waals surface area contributed by atoms with Crippen molar-refractivity contribution >= 4 is 18.9 Å². The fourth-order valence-corrected chi connectivity index (χ4v) is 2.29. The number of carbonyl (C=O) groups is 3. The van der Waals surface area contributed by atoms with Gasteiger partial charge in [-0.3, -0.25) is 19.5 Å². The molecule has 0 aliphatic carbocycles. The van der Waals surface area contributed by atoms with Crippen LogP contribution in [0.15, 0.2) is 6.07 Å². The van der Waals surface area contributed by atoms with Crippen molar-refractivity contribution in [3.8, 4) is 0 Å². The molecule has 12 heteroatoms. The third-order valence-electron chi connectivity index (χ3n) is 3.21. The molecule has 0 radical (unpaired) electrons. The van der Waals surface area contributed by atoms with Crippen LogP contribution in [0.1, 0.15) is 29.5 Å². The number of H-pyrrole nitrogens is 1. The number of hydrogen-bond donors (Lipinski definition) is 4. The van der Waals surface area contributed by atoms with Gasteiger partial charge in [-0.15, -0.1) is 0 Å². The molecule has 2 heterocycles. The monoisotopic (exact) mass is 380 g/mol. The standard InChI is InChI=1S/C12H18F2N4O2.2CH2O2/c1-3-20-10-6-18(2)5-9(10)15-12(19)8-4-7(11(13)14)16-17-8;2*2-1-3/h4,9-11H,3,5-6H2,1-2H3,(H,15,19)(H,16,17);2*1H,(H,2,3)/t9-,10-;;/m0../s1. The van der Waals surface area contributed by atoms with Crippen LogP contribution in [-0.2, 0) is 14.3 Å². The van der Waals surface area contributed by atoms with Crippen LogP contribution in [0, 0.1) is 0 Å². The summed E-state index contributed by atoms with van der Waals surface area (Å²) in [4.78, 5) is 30.7. The van der Waals surface area contributed by atoms with E-state index in [1.165, 1.54) is 0 Å². The summed E-state index contributed by atoms with van der Waals surface area (Å²) >= 11 is 0. The van der Waals surface area contributed by atoms with Gasteiger partial charge in [0.2, 0.25) is 0 Å². The van der Waals surface area contributed by atoms with E-state index in [1.807, 2.05) is 18.9 Å². The third-order valence-corrected chi connectivity index (χ3v) is 3.21. The molecule has 0 spiro atoms. The lowest BCUT2D eigenvalue weighted by molar-refractivity contribution is -0.123. The highest BCUT2D eigenvalue weighted by Crippen LogP contribution is 2.17. The van der Waals surface area contributed by atoms with Crippen molar-refractivity contribution in [2.75, 3.05) is 26.7 Å². The van der Waals surface area contributed by atoms with Gasteiger partial charge in [0.25, 0.3) is 25.3 Å². The number of carbonyl (C=O) groups excluding carboxylic acids is 1. The van der Waals surface area contributed by atoms with Crippen molar-refractivity contribution in [3.63, 3.8) is 0 Å². The summed E-state index contributed by atoms with van der Waals surface area (Å²) in [5, 5.41) is 22.3. The van der Waals surface area contributed by atoms with E-state index in [1.54, 1.807) is 0 Å². The maximum absolute atomic E-state index is 12.4. The van der Waals surface area contributed by atoms with Crippen molar-refractivity contribution in [1.82, 2.24) is 20.4 Å². The predicted octanol–water partition coefficient (Wildman–Crippen LogP) is 0.198. The molecule has 0 unspecified atom stereocenters. The van der Waals surface area contributed by atoms with Crippen molar-refractivity contribution in [1.29, 1.82) is 0 Å². The van der Waals surface area contributed by atoms with Gasteiger partial charge in [0.05, 0.1) is 12.1 Å². The molecule has 0 bridgehead atoms. The number of carboxylic acid groups (broad SMARTS) is 2. The van der Waals surface area contributed by atoms with Crippen LogP contribution in [0.3, 0.4) is 0 Å². The lowest BCUT2D eigenvalue weighted by atomic mass is 10.2. The molecule has 1 aliphatic rings. The molecule has 1 aliphatic heterocycles. The molecular weight excluding hydrogens is 358 g/mol. The molecule has 2 atom stereocenters. The smallest absolute Gasteiger partial charge is 0.290 e. The van der Waals surface area contributed by atoms with Crippen LogP contribution in [0.4, 0.5) is 8.78 Å². The van der Waals surface area contributed by atoms with Gasteiger partial charge in [-0.05, 0) is 20.0 Å². The zero-order valence-electron chi connectivity index (χ0n) is 14.3. The number of nitrogens with one attached hydrogen (secondary N) is 2. The summed E-state index contributed by atoms with van der Waals surface area (Å²) in [6.45, 7) is 3.33. The molecule has 1 amide bonds. The second kappa shape index (κ2) is 12.7. The van der Waals surface area contributed by atoms with Gasteiger partial charge >= 0.3 is 0 Å². The largest absolute Gasteiger partial charge is 0.483 e. The number of aromatic amines is 1. The molecule has 1 saturated heterocycles. The number of hydrogen-bond acceptors (Lipinski definition) is 6. The van der Waals surface area contributed by atoms with Crippen LogP contribution < -0.4 is 5.32 Å². The van der Waals surface area contributed by atoms with E-state index >= 15 is 0 Å². The van der Waals surface area contributed by atoms with Gasteiger partial charge in [0, 0.05) is 19.7 Å². The number of ether oxygens (including phenoxy) is 1. The maximum Gasteiger partial charge on any atom is 0.290 e. The summed E-state index contributed by atoms with van der Waals surface area (Å²) in [5.41, 5.74) is -0.398. The minimum atomic E-state index is -2.67. The minimum absolute atomic E-state index is 0.0369. The van der Waals surface area contributed by atoms with Crippen molar-refractivity contribution in [2.45, 2.75) is 25.5 Å². The molecule has 0 saturated carbocycles. The molecule has 2 rings (SSSR count). The van der Waals surface area contributed by atoms with Gasteiger partial charge in [0.15, 0.2) is 0 Å². The van der Waals surface area contributed by atoms with E-state index in [2.05, 4.69) is 15.5 Å². The maximum atomic E-state index is 12.4. The Balaban J connectivity index is 0.000000918. The number of likely N-dealkylation sites (N-methyl/N-ethyl adjacent to an activating group) is 1. The lowest BCUT2D eigenvalue weighted by Crippen LogP contribution is -2.44. The normalized spacial score (nSPS) is 19.0. The van der Waals surface area contributed by atoms with Crippen LogP contribution in [0.5, 0.6) is 0 Å². The SMILES string of the molecule is CCO[C@H]1CN(C)C[C@@H]1NC(=O)c1cc(C(F)F)[nH]n1.O=CO.O=CO. The predicted molar refractivity (Wildman–Crippen MR) is 85.1 cm³/mol. The number of nitrogens with zero attached hydrogens (tertiary/aromatic N) is 2. The third kappa shape index (κ3) is 7.98. The van der Waals surface area contributed by atoms with Crippen molar-refractivity contribution in [2.24, 2.45) is 0 Å². The molecule has 1 aromatic heterocycles. The van der Waals surface area contributed by atoms with Gasteiger partial charge in [0.1, 0.15) is 11.4 Å². The van der Waals surface area contributed by atoms with E-state index in [-0.39, 0.29) is 36.5 Å². The highest BCUT2D eigenvalue weighted by Gasteiger charge is 2.33.